The molecule has 0 radical (unpaired) electrons. The van der Waals surface area contributed by atoms with E-state index in [9.17, 15) is 5.11 Å². The van der Waals surface area contributed by atoms with Crippen molar-refractivity contribution in [2.45, 2.75) is 24.9 Å². The third-order valence-corrected chi connectivity index (χ3v) is 3.69. The third-order valence-electron chi connectivity index (χ3n) is 3.13. The van der Waals surface area contributed by atoms with Gasteiger partial charge in [-0.15, -0.1) is 0 Å². The lowest BCUT2D eigenvalue weighted by Crippen LogP contribution is -2.24. The Balaban J connectivity index is 2.06. The molecular weight excluding hydrogens is 318 g/mol. The van der Waals surface area contributed by atoms with Gasteiger partial charge in [-0.3, -0.25) is 4.57 Å². The molecule has 102 valence electrons. The zero-order chi connectivity index (χ0) is 13.6. The van der Waals surface area contributed by atoms with E-state index in [0.29, 0.717) is 22.3 Å². The molecule has 1 aliphatic heterocycles. The highest BCUT2D eigenvalue weighted by Gasteiger charge is 2.36. The van der Waals surface area contributed by atoms with E-state index in [1.807, 2.05) is 0 Å². The summed E-state index contributed by atoms with van der Waals surface area (Å²) in [7, 11) is 0. The summed E-state index contributed by atoms with van der Waals surface area (Å²) in [6.07, 6.45) is -0.0935. The molecule has 8 nitrogen and oxygen atoms in total. The van der Waals surface area contributed by atoms with Gasteiger partial charge < -0.3 is 20.7 Å². The number of aliphatic hydroxyl groups excluding tert-OH is 2. The van der Waals surface area contributed by atoms with Gasteiger partial charge in [0.25, 0.3) is 0 Å². The van der Waals surface area contributed by atoms with Crippen LogP contribution in [-0.2, 0) is 4.74 Å². The Kier molecular flexibility index (Phi) is 3.13. The molecule has 0 amide bonds. The predicted molar refractivity (Wildman–Crippen MR) is 69.1 cm³/mol. The van der Waals surface area contributed by atoms with Crippen molar-refractivity contribution in [1.29, 1.82) is 0 Å². The number of rotatable bonds is 2. The zero-order valence-electron chi connectivity index (χ0n) is 9.77. The first-order valence-corrected chi connectivity index (χ1v) is 6.49. The van der Waals surface area contributed by atoms with Gasteiger partial charge in [0.15, 0.2) is 21.7 Å². The van der Waals surface area contributed by atoms with Gasteiger partial charge >= 0.3 is 0 Å². The summed E-state index contributed by atoms with van der Waals surface area (Å²) in [6, 6.07) is 0. The second kappa shape index (κ2) is 4.67. The number of nitrogen functional groups attached to an aromatic ring is 1. The first kappa shape index (κ1) is 12.7. The number of anilines is 1. The molecule has 2 aromatic heterocycles. The van der Waals surface area contributed by atoms with Crippen molar-refractivity contribution < 1.29 is 14.9 Å². The van der Waals surface area contributed by atoms with Crippen LogP contribution in [0.3, 0.4) is 0 Å². The van der Waals surface area contributed by atoms with Gasteiger partial charge in [-0.1, -0.05) is 0 Å². The lowest BCUT2D eigenvalue weighted by atomic mass is 10.2. The van der Waals surface area contributed by atoms with Crippen LogP contribution in [0.4, 0.5) is 5.82 Å². The molecule has 3 atom stereocenters. The molecule has 9 heteroatoms. The lowest BCUT2D eigenvalue weighted by molar-refractivity contribution is -0.0439. The summed E-state index contributed by atoms with van der Waals surface area (Å²) >= 11 is 3.32. The van der Waals surface area contributed by atoms with E-state index >= 15 is 0 Å². The number of hydrogen-bond donors (Lipinski definition) is 3. The molecule has 0 aliphatic carbocycles. The summed E-state index contributed by atoms with van der Waals surface area (Å²) in [4.78, 5) is 12.3. The molecular formula is C10H12BrN5O3. The molecule has 1 unspecified atom stereocenters. The Labute approximate surface area is 116 Å². The topological polar surface area (TPSA) is 119 Å². The average molecular weight is 330 g/mol. The van der Waals surface area contributed by atoms with E-state index in [1.54, 1.807) is 4.57 Å². The summed E-state index contributed by atoms with van der Waals surface area (Å²) < 4.78 is 7.77. The van der Waals surface area contributed by atoms with Crippen LogP contribution >= 0.6 is 15.9 Å². The van der Waals surface area contributed by atoms with Crippen LogP contribution in [0.25, 0.3) is 11.2 Å². The van der Waals surface area contributed by atoms with E-state index in [-0.39, 0.29) is 12.4 Å². The second-order valence-electron chi connectivity index (χ2n) is 4.30. The monoisotopic (exact) mass is 329 g/mol. The molecule has 3 rings (SSSR count). The Morgan fingerprint density at radius 2 is 2.32 bits per heavy atom. The number of aliphatic hydroxyl groups is 2. The number of ether oxygens (including phenoxy) is 1. The number of hydrogen-bond acceptors (Lipinski definition) is 7. The fourth-order valence-corrected chi connectivity index (χ4v) is 2.77. The van der Waals surface area contributed by atoms with Crippen LogP contribution in [0.15, 0.2) is 11.1 Å². The number of nitrogens with two attached hydrogens (primary N) is 1. The molecule has 0 aromatic carbocycles. The molecule has 3 heterocycles. The maximum Gasteiger partial charge on any atom is 0.181 e. The minimum atomic E-state index is -0.724. The standard InChI is InChI=1S/C10H12BrN5O3/c11-10-15-7-8(12)13-3-14-9(7)16(10)6-1-4(18)5(2-17)19-6/h3-6,17-18H,1-2H2,(H2,12,13,14)/t4-,5+,6?/m0/s1. The Bertz CT molecular complexity index is 618. The maximum absolute atomic E-state index is 9.78. The van der Waals surface area contributed by atoms with E-state index in [1.165, 1.54) is 6.33 Å². The summed E-state index contributed by atoms with van der Waals surface area (Å²) in [5.74, 6) is 0.279. The number of halogens is 1. The summed E-state index contributed by atoms with van der Waals surface area (Å²) in [6.45, 7) is -0.237. The highest BCUT2D eigenvalue weighted by molar-refractivity contribution is 9.10. The van der Waals surface area contributed by atoms with Gasteiger partial charge in [0.05, 0.1) is 12.7 Å². The van der Waals surface area contributed by atoms with Crippen LogP contribution in [0.2, 0.25) is 0 Å². The number of aromatic nitrogens is 4. The van der Waals surface area contributed by atoms with E-state index in [4.69, 9.17) is 15.6 Å². The summed E-state index contributed by atoms with van der Waals surface area (Å²) in [5.41, 5.74) is 6.74. The molecule has 2 aromatic rings. The van der Waals surface area contributed by atoms with Crippen LogP contribution in [0, 0.1) is 0 Å². The highest BCUT2D eigenvalue weighted by Crippen LogP contribution is 2.34. The minimum Gasteiger partial charge on any atom is -0.394 e. The minimum absolute atomic E-state index is 0.237. The molecule has 0 bridgehead atoms. The Morgan fingerprint density at radius 1 is 1.53 bits per heavy atom. The van der Waals surface area contributed by atoms with Gasteiger partial charge in [0.1, 0.15) is 18.7 Å². The van der Waals surface area contributed by atoms with Crippen LogP contribution in [-0.4, -0.2) is 48.5 Å². The van der Waals surface area contributed by atoms with Gasteiger partial charge in [0, 0.05) is 6.42 Å². The fraction of sp³-hybridized carbons (Fsp3) is 0.500. The second-order valence-corrected chi connectivity index (χ2v) is 5.01. The van der Waals surface area contributed by atoms with Crippen LogP contribution < -0.4 is 5.73 Å². The average Bonchev–Trinajstić information content (AvgIpc) is 2.90. The molecule has 1 aliphatic rings. The van der Waals surface area contributed by atoms with Crippen molar-refractivity contribution >= 4 is 32.9 Å². The Morgan fingerprint density at radius 3 is 3.00 bits per heavy atom. The van der Waals surface area contributed by atoms with E-state index < -0.39 is 18.4 Å². The third kappa shape index (κ3) is 1.98. The van der Waals surface area contributed by atoms with Crippen molar-refractivity contribution in [2.75, 3.05) is 12.3 Å². The van der Waals surface area contributed by atoms with Crippen molar-refractivity contribution in [2.24, 2.45) is 0 Å². The van der Waals surface area contributed by atoms with E-state index in [2.05, 4.69) is 30.9 Å². The molecule has 4 N–H and O–H groups in total. The van der Waals surface area contributed by atoms with Gasteiger partial charge in [-0.25, -0.2) is 15.0 Å². The fourth-order valence-electron chi connectivity index (χ4n) is 2.19. The van der Waals surface area contributed by atoms with Crippen LogP contribution in [0.5, 0.6) is 0 Å². The number of imidazole rings is 1. The first-order valence-electron chi connectivity index (χ1n) is 5.70. The normalized spacial score (nSPS) is 27.2. The van der Waals surface area contributed by atoms with Gasteiger partial charge in [-0.05, 0) is 15.9 Å². The SMILES string of the molecule is Nc1ncnc2c1nc(Br)n2C1C[C@H](O)[C@@H](CO)O1. The maximum atomic E-state index is 9.78. The predicted octanol–water partition coefficient (Wildman–Crippen LogP) is -0.188. The first-order chi connectivity index (χ1) is 9.11. The molecule has 1 saturated heterocycles. The van der Waals surface area contributed by atoms with Gasteiger partial charge in [0.2, 0.25) is 0 Å². The van der Waals surface area contributed by atoms with Crippen molar-refractivity contribution in [1.82, 2.24) is 19.5 Å². The zero-order valence-corrected chi connectivity index (χ0v) is 11.4. The Hall–Kier alpha value is -1.29. The molecule has 1 fully saturated rings. The molecule has 0 saturated carbocycles. The largest absolute Gasteiger partial charge is 0.394 e. The van der Waals surface area contributed by atoms with Gasteiger partial charge in [-0.2, -0.15) is 0 Å². The smallest absolute Gasteiger partial charge is 0.181 e. The summed E-state index contributed by atoms with van der Waals surface area (Å²) in [5, 5.41) is 18.9. The number of nitrogens with zero attached hydrogens (tertiary/aromatic N) is 4. The quantitative estimate of drug-likeness (QED) is 0.653. The van der Waals surface area contributed by atoms with Crippen LogP contribution in [0.1, 0.15) is 12.6 Å². The number of fused-ring (bicyclic) bond motifs is 1. The van der Waals surface area contributed by atoms with Crippen molar-refractivity contribution in [3.8, 4) is 0 Å². The highest BCUT2D eigenvalue weighted by atomic mass is 79.9. The van der Waals surface area contributed by atoms with Crippen molar-refractivity contribution in [3.05, 3.63) is 11.1 Å². The van der Waals surface area contributed by atoms with Crippen molar-refractivity contribution in [3.63, 3.8) is 0 Å². The van der Waals surface area contributed by atoms with E-state index in [0.717, 1.165) is 0 Å². The molecule has 19 heavy (non-hydrogen) atoms. The lowest BCUT2D eigenvalue weighted by Gasteiger charge is -2.14. The molecule has 0 spiro atoms.